The van der Waals surface area contributed by atoms with Gasteiger partial charge in [-0.1, -0.05) is 86.7 Å². The molecule has 0 radical (unpaired) electrons. The number of hydrogen-bond donors (Lipinski definition) is 1. The third kappa shape index (κ3) is 3.07. The van der Waals surface area contributed by atoms with Gasteiger partial charge >= 0.3 is 0 Å². The molecule has 1 heteroatoms. The summed E-state index contributed by atoms with van der Waals surface area (Å²) in [6, 6.07) is 18.4. The van der Waals surface area contributed by atoms with E-state index in [4.69, 9.17) is 0 Å². The Morgan fingerprint density at radius 2 is 1.64 bits per heavy atom. The van der Waals surface area contributed by atoms with Crippen molar-refractivity contribution in [2.75, 3.05) is 0 Å². The zero-order valence-electron chi connectivity index (χ0n) is 15.2. The number of rotatable bonds is 5. The maximum absolute atomic E-state index is 9.80. The van der Waals surface area contributed by atoms with Crippen molar-refractivity contribution >= 4 is 0 Å². The van der Waals surface area contributed by atoms with Gasteiger partial charge in [-0.2, -0.15) is 0 Å². The molecule has 0 spiro atoms. The first-order valence-corrected chi connectivity index (χ1v) is 8.97. The Balaban J connectivity index is 2.33. The molecule has 0 aromatic heterocycles. The molecule has 1 aliphatic rings. The summed E-state index contributed by atoms with van der Waals surface area (Å²) in [5, 5.41) is 9.80. The minimum atomic E-state index is -0.275. The Bertz CT molecular complexity index is 796. The lowest BCUT2D eigenvalue weighted by Crippen LogP contribution is -2.36. The molecule has 3 unspecified atom stereocenters. The molecule has 0 fully saturated rings. The molecule has 0 saturated carbocycles. The van der Waals surface area contributed by atoms with Gasteiger partial charge in [-0.15, -0.1) is 0 Å². The highest BCUT2D eigenvalue weighted by atomic mass is 16.3. The smallest absolute Gasteiger partial charge is 0.115 e. The molecule has 25 heavy (non-hydrogen) atoms. The van der Waals surface area contributed by atoms with E-state index in [0.29, 0.717) is 11.7 Å². The highest BCUT2D eigenvalue weighted by Crippen LogP contribution is 2.48. The quantitative estimate of drug-likeness (QED) is 0.664. The van der Waals surface area contributed by atoms with E-state index < -0.39 is 0 Å². The summed E-state index contributed by atoms with van der Waals surface area (Å²) in [6.07, 6.45) is 11.3. The van der Waals surface area contributed by atoms with Gasteiger partial charge in [-0.3, -0.25) is 0 Å². The number of hydrogen-bond acceptors (Lipinski definition) is 1. The summed E-state index contributed by atoms with van der Waals surface area (Å²) in [5.41, 5.74) is 3.52. The normalized spacial score (nSPS) is 20.4. The first-order chi connectivity index (χ1) is 12.1. The molecule has 0 heterocycles. The van der Waals surface area contributed by atoms with Crippen LogP contribution in [-0.2, 0) is 5.41 Å². The molecule has 2 aromatic carbocycles. The lowest BCUT2D eigenvalue weighted by molar-refractivity contribution is 0.466. The Kier molecular flexibility index (Phi) is 4.94. The number of aromatic hydroxyl groups is 1. The second-order valence-corrected chi connectivity index (χ2v) is 6.88. The second kappa shape index (κ2) is 7.14. The number of benzene rings is 2. The van der Waals surface area contributed by atoms with Crippen LogP contribution in [0.15, 0.2) is 90.6 Å². The fourth-order valence-corrected chi connectivity index (χ4v) is 4.06. The fourth-order valence-electron chi connectivity index (χ4n) is 4.06. The molecule has 1 nitrogen and oxygen atoms in total. The molecule has 3 rings (SSSR count). The molecule has 3 atom stereocenters. The lowest BCUT2D eigenvalue weighted by atomic mass is 9.62. The zero-order chi connectivity index (χ0) is 17.9. The summed E-state index contributed by atoms with van der Waals surface area (Å²) in [5.74, 6) is 1.01. The maximum Gasteiger partial charge on any atom is 0.115 e. The number of allylic oxidation sites excluding steroid dienone is 6. The first kappa shape index (κ1) is 17.3. The van der Waals surface area contributed by atoms with Crippen LogP contribution in [0, 0.1) is 11.8 Å². The van der Waals surface area contributed by atoms with Crippen molar-refractivity contribution in [1.82, 2.24) is 0 Å². The number of phenols is 1. The molecule has 2 aromatic rings. The maximum atomic E-state index is 9.80. The molecular weight excluding hydrogens is 304 g/mol. The first-order valence-electron chi connectivity index (χ1n) is 8.97. The molecule has 0 saturated heterocycles. The van der Waals surface area contributed by atoms with Gasteiger partial charge in [0.25, 0.3) is 0 Å². The summed E-state index contributed by atoms with van der Waals surface area (Å²) in [6.45, 7) is 6.57. The summed E-state index contributed by atoms with van der Waals surface area (Å²) in [4.78, 5) is 0. The van der Waals surface area contributed by atoms with Crippen molar-refractivity contribution in [1.29, 1.82) is 0 Å². The van der Waals surface area contributed by atoms with Crippen molar-refractivity contribution < 1.29 is 5.11 Å². The van der Waals surface area contributed by atoms with Crippen molar-refractivity contribution in [3.05, 3.63) is 102 Å². The van der Waals surface area contributed by atoms with Crippen LogP contribution in [0.1, 0.15) is 31.9 Å². The Morgan fingerprint density at radius 1 is 1.00 bits per heavy atom. The van der Waals surface area contributed by atoms with Crippen molar-refractivity contribution in [3.8, 4) is 5.75 Å². The average molecular weight is 330 g/mol. The molecule has 1 N–H and O–H groups in total. The standard InChI is InChI=1S/C24H26O/c1-4-8-19(3)24(20-9-6-5-7-10-20,22-12-11-18(2)17-22)21-13-15-23(25)16-14-21/h4-19,25H,1-3H3/b8-4-. The molecular formula is C24H26O. The minimum Gasteiger partial charge on any atom is -0.508 e. The summed E-state index contributed by atoms with van der Waals surface area (Å²) >= 11 is 0. The van der Waals surface area contributed by atoms with E-state index in [1.165, 1.54) is 16.7 Å². The molecule has 1 aliphatic carbocycles. The monoisotopic (exact) mass is 330 g/mol. The highest BCUT2D eigenvalue weighted by molar-refractivity contribution is 5.56. The molecule has 0 amide bonds. The average Bonchev–Trinajstić information content (AvgIpc) is 3.05. The minimum absolute atomic E-state index is 0.269. The summed E-state index contributed by atoms with van der Waals surface area (Å²) in [7, 11) is 0. The van der Waals surface area contributed by atoms with E-state index in [1.54, 1.807) is 12.1 Å². The Hall–Kier alpha value is -2.54. The predicted octanol–water partition coefficient (Wildman–Crippen LogP) is 6.02. The molecule has 0 aliphatic heterocycles. The van der Waals surface area contributed by atoms with E-state index in [2.05, 4.69) is 93.6 Å². The zero-order valence-corrected chi connectivity index (χ0v) is 15.2. The molecule has 128 valence electrons. The van der Waals surface area contributed by atoms with E-state index in [0.717, 1.165) is 0 Å². The van der Waals surface area contributed by atoms with Crippen LogP contribution in [0.3, 0.4) is 0 Å². The van der Waals surface area contributed by atoms with Gasteiger partial charge in [0.05, 0.1) is 5.41 Å². The van der Waals surface area contributed by atoms with E-state index in [-0.39, 0.29) is 11.3 Å². The van der Waals surface area contributed by atoms with E-state index in [9.17, 15) is 5.11 Å². The Labute approximate surface area is 151 Å². The van der Waals surface area contributed by atoms with Gasteiger partial charge < -0.3 is 5.11 Å². The third-order valence-corrected chi connectivity index (χ3v) is 5.19. The van der Waals surface area contributed by atoms with E-state index in [1.807, 2.05) is 0 Å². The van der Waals surface area contributed by atoms with Crippen LogP contribution in [0.4, 0.5) is 0 Å². The molecule has 0 bridgehead atoms. The number of phenolic OH excluding ortho intramolecular Hbond substituents is 1. The lowest BCUT2D eigenvalue weighted by Gasteiger charge is -2.40. The van der Waals surface area contributed by atoms with E-state index >= 15 is 0 Å². The predicted molar refractivity (Wildman–Crippen MR) is 106 cm³/mol. The fraction of sp³-hybridized carbons (Fsp3) is 0.250. The van der Waals surface area contributed by atoms with Crippen molar-refractivity contribution in [2.24, 2.45) is 11.8 Å². The van der Waals surface area contributed by atoms with Gasteiger partial charge in [0.15, 0.2) is 0 Å². The van der Waals surface area contributed by atoms with Gasteiger partial charge in [-0.05, 0) is 47.6 Å². The van der Waals surface area contributed by atoms with Gasteiger partial charge in [0.2, 0.25) is 0 Å². The Morgan fingerprint density at radius 3 is 2.20 bits per heavy atom. The topological polar surface area (TPSA) is 20.2 Å². The largest absolute Gasteiger partial charge is 0.508 e. The van der Waals surface area contributed by atoms with Crippen LogP contribution >= 0.6 is 0 Å². The van der Waals surface area contributed by atoms with Crippen LogP contribution in [0.2, 0.25) is 0 Å². The van der Waals surface area contributed by atoms with Crippen molar-refractivity contribution in [3.63, 3.8) is 0 Å². The SMILES string of the molecule is C/C=C\C(C)C(C1=CC(C)C=C1)(c1ccccc1)c1ccc(O)cc1. The van der Waals surface area contributed by atoms with Crippen LogP contribution in [-0.4, -0.2) is 5.11 Å². The summed E-state index contributed by atoms with van der Waals surface area (Å²) < 4.78 is 0. The second-order valence-electron chi connectivity index (χ2n) is 6.88. The van der Waals surface area contributed by atoms with Crippen LogP contribution in [0.5, 0.6) is 5.75 Å². The van der Waals surface area contributed by atoms with Gasteiger partial charge in [0.1, 0.15) is 5.75 Å². The van der Waals surface area contributed by atoms with Crippen LogP contribution < -0.4 is 0 Å². The third-order valence-electron chi connectivity index (χ3n) is 5.19. The van der Waals surface area contributed by atoms with Crippen LogP contribution in [0.25, 0.3) is 0 Å². The highest BCUT2D eigenvalue weighted by Gasteiger charge is 2.42. The van der Waals surface area contributed by atoms with Crippen molar-refractivity contribution in [2.45, 2.75) is 26.2 Å². The van der Waals surface area contributed by atoms with Gasteiger partial charge in [-0.25, -0.2) is 0 Å². The van der Waals surface area contributed by atoms with Gasteiger partial charge in [0, 0.05) is 0 Å².